The molecule has 10 nitrogen and oxygen atoms in total. The van der Waals surface area contributed by atoms with Crippen molar-refractivity contribution in [1.29, 1.82) is 0 Å². The first-order valence-corrected chi connectivity index (χ1v) is 15.2. The number of rotatable bonds is 10. The fraction of sp³-hybridized carbons (Fsp3) is 0.194. The summed E-state index contributed by atoms with van der Waals surface area (Å²) in [6.07, 6.45) is 3.93. The van der Waals surface area contributed by atoms with Crippen LogP contribution in [-0.4, -0.2) is 63.4 Å². The van der Waals surface area contributed by atoms with Crippen molar-refractivity contribution in [2.75, 3.05) is 12.4 Å². The van der Waals surface area contributed by atoms with Crippen molar-refractivity contribution in [3.05, 3.63) is 105 Å². The number of thioether (sulfide) groups is 1. The van der Waals surface area contributed by atoms with Gasteiger partial charge in [0.25, 0.3) is 11.8 Å². The molecule has 0 saturated carbocycles. The van der Waals surface area contributed by atoms with Gasteiger partial charge >= 0.3 is 11.9 Å². The van der Waals surface area contributed by atoms with Gasteiger partial charge < -0.3 is 20.5 Å². The Kier molecular flexibility index (Phi) is 9.07. The highest BCUT2D eigenvalue weighted by Crippen LogP contribution is 2.40. The zero-order valence-electron chi connectivity index (χ0n) is 22.9. The number of ether oxygens (including phenoxy) is 1. The van der Waals surface area contributed by atoms with Crippen LogP contribution in [0.1, 0.15) is 39.3 Å². The zero-order chi connectivity index (χ0) is 30.5. The highest BCUT2D eigenvalue weighted by molar-refractivity contribution is 8.00. The third-order valence-corrected chi connectivity index (χ3v) is 9.00. The number of nitrogens with one attached hydrogen (secondary N) is 2. The third kappa shape index (κ3) is 6.71. The maximum absolute atomic E-state index is 13.5. The number of carbonyl (C=O) groups is 5. The first-order valence-electron chi connectivity index (χ1n) is 13.2. The lowest BCUT2D eigenvalue weighted by molar-refractivity contribution is -0.151. The molecule has 2 aromatic carbocycles. The van der Waals surface area contributed by atoms with Gasteiger partial charge in [-0.05, 0) is 40.8 Å². The van der Waals surface area contributed by atoms with Crippen molar-refractivity contribution in [2.45, 2.75) is 24.4 Å². The molecule has 2 aliphatic rings. The topological polar surface area (TPSA) is 142 Å². The van der Waals surface area contributed by atoms with Crippen LogP contribution in [0.3, 0.4) is 0 Å². The second-order valence-corrected chi connectivity index (χ2v) is 11.8. The number of carbonyl (C=O) groups excluding carboxylic acids is 4. The zero-order valence-corrected chi connectivity index (χ0v) is 24.5. The quantitative estimate of drug-likeness (QED) is 0.231. The molecule has 3 atom stereocenters. The van der Waals surface area contributed by atoms with Crippen molar-refractivity contribution in [3.63, 3.8) is 0 Å². The van der Waals surface area contributed by atoms with Gasteiger partial charge in [-0.2, -0.15) is 0 Å². The Morgan fingerprint density at radius 2 is 1.79 bits per heavy atom. The minimum atomic E-state index is -1.33. The molecule has 12 heteroatoms. The lowest BCUT2D eigenvalue weighted by Crippen LogP contribution is -2.71. The highest BCUT2D eigenvalue weighted by atomic mass is 32.2. The van der Waals surface area contributed by atoms with Crippen LogP contribution in [0.25, 0.3) is 12.2 Å². The Balaban J connectivity index is 1.29. The summed E-state index contributed by atoms with van der Waals surface area (Å²) in [5.41, 5.74) is 1.82. The molecule has 1 aromatic heterocycles. The normalized spacial score (nSPS) is 18.4. The van der Waals surface area contributed by atoms with E-state index in [-0.39, 0.29) is 18.1 Å². The van der Waals surface area contributed by atoms with Crippen LogP contribution in [0.2, 0.25) is 0 Å². The number of hydrogen-bond acceptors (Lipinski definition) is 8. The van der Waals surface area contributed by atoms with Crippen LogP contribution in [0.5, 0.6) is 0 Å². The minimum Gasteiger partial charge on any atom is -0.477 e. The Morgan fingerprint density at radius 3 is 2.44 bits per heavy atom. The number of benzene rings is 2. The fourth-order valence-corrected chi connectivity index (χ4v) is 6.64. The van der Waals surface area contributed by atoms with Crippen molar-refractivity contribution >= 4 is 64.9 Å². The van der Waals surface area contributed by atoms with Crippen LogP contribution in [0.4, 0.5) is 0 Å². The molecule has 1 unspecified atom stereocenters. The predicted molar refractivity (Wildman–Crippen MR) is 163 cm³/mol. The first kappa shape index (κ1) is 29.8. The molecule has 0 spiro atoms. The van der Waals surface area contributed by atoms with Crippen LogP contribution < -0.4 is 10.6 Å². The third-order valence-electron chi connectivity index (χ3n) is 6.82. The van der Waals surface area contributed by atoms with Gasteiger partial charge in [-0.25, -0.2) is 4.79 Å². The average molecular weight is 618 g/mol. The molecule has 1 saturated heterocycles. The van der Waals surface area contributed by atoms with Crippen LogP contribution >= 0.6 is 23.1 Å². The summed E-state index contributed by atoms with van der Waals surface area (Å²) >= 11 is 2.88. The molecule has 3 N–H and O–H groups in total. The van der Waals surface area contributed by atoms with Crippen LogP contribution in [-0.2, 0) is 23.9 Å². The number of carboxylic acid groups (broad SMARTS) is 1. The molecule has 2 aliphatic heterocycles. The fourth-order valence-electron chi connectivity index (χ4n) is 4.69. The summed E-state index contributed by atoms with van der Waals surface area (Å²) in [5, 5.41) is 16.6. The van der Waals surface area contributed by atoms with Crippen LogP contribution in [0, 0.1) is 0 Å². The van der Waals surface area contributed by atoms with E-state index in [1.807, 2.05) is 41.8 Å². The number of carboxylic acids is 1. The lowest BCUT2D eigenvalue weighted by atomic mass is 10.0. The largest absolute Gasteiger partial charge is 0.477 e. The van der Waals surface area contributed by atoms with Gasteiger partial charge in [0.15, 0.2) is 0 Å². The Bertz CT molecular complexity index is 1600. The molecular formula is C31H27N3O7S2. The number of aliphatic carboxylic acids is 1. The van der Waals surface area contributed by atoms with Gasteiger partial charge in [0.2, 0.25) is 5.91 Å². The van der Waals surface area contributed by atoms with E-state index in [0.717, 1.165) is 15.3 Å². The molecule has 1 fully saturated rings. The molecule has 3 amide bonds. The van der Waals surface area contributed by atoms with Gasteiger partial charge in [-0.15, -0.1) is 23.1 Å². The molecule has 0 bridgehead atoms. The summed E-state index contributed by atoms with van der Waals surface area (Å²) in [6.45, 7) is 0.966. The van der Waals surface area contributed by atoms with Crippen molar-refractivity contribution in [1.82, 2.24) is 15.5 Å². The second kappa shape index (κ2) is 13.1. The van der Waals surface area contributed by atoms with E-state index in [1.54, 1.807) is 53.8 Å². The summed E-state index contributed by atoms with van der Waals surface area (Å²) in [4.78, 5) is 65.3. The molecule has 0 radical (unpaired) electrons. The van der Waals surface area contributed by atoms with Gasteiger partial charge in [0.05, 0.1) is 0 Å². The highest BCUT2D eigenvalue weighted by Gasteiger charge is 2.54. The molecule has 5 rings (SSSR count). The van der Waals surface area contributed by atoms with Gasteiger partial charge in [-0.1, -0.05) is 54.6 Å². The number of hydrogen-bond donors (Lipinski definition) is 3. The lowest BCUT2D eigenvalue weighted by Gasteiger charge is -2.49. The van der Waals surface area contributed by atoms with Gasteiger partial charge in [0.1, 0.15) is 29.8 Å². The second-order valence-electron chi connectivity index (χ2n) is 9.72. The molecule has 0 aliphatic carbocycles. The van der Waals surface area contributed by atoms with E-state index in [9.17, 15) is 29.1 Å². The molecule has 3 aromatic rings. The predicted octanol–water partition coefficient (Wildman–Crippen LogP) is 3.69. The van der Waals surface area contributed by atoms with E-state index >= 15 is 0 Å². The summed E-state index contributed by atoms with van der Waals surface area (Å²) in [6, 6.07) is 17.4. The smallest absolute Gasteiger partial charge is 0.352 e. The minimum absolute atomic E-state index is 0.201. The SMILES string of the molecule is CC(=O)OCC1=C(C(=O)O)N2C(=O)[C@@H](NC(=O)C(NC(=O)c3ccc(C=Cc4cccs4)cc3)c3ccccc3)[C@H]2SC1. The monoisotopic (exact) mass is 617 g/mol. The number of esters is 1. The maximum atomic E-state index is 13.5. The first-order chi connectivity index (χ1) is 20.7. The van der Waals surface area contributed by atoms with E-state index in [1.165, 1.54) is 18.7 Å². The van der Waals surface area contributed by atoms with E-state index in [0.29, 0.717) is 16.7 Å². The summed E-state index contributed by atoms with van der Waals surface area (Å²) in [7, 11) is 0. The van der Waals surface area contributed by atoms with Crippen LogP contribution in [0.15, 0.2) is 83.4 Å². The summed E-state index contributed by atoms with van der Waals surface area (Å²) in [5.74, 6) is -3.38. The Morgan fingerprint density at radius 1 is 1.05 bits per heavy atom. The number of amides is 3. The van der Waals surface area contributed by atoms with Crippen molar-refractivity contribution in [2.24, 2.45) is 0 Å². The van der Waals surface area contributed by atoms with E-state index in [2.05, 4.69) is 10.6 Å². The number of nitrogens with zero attached hydrogens (tertiary/aromatic N) is 1. The van der Waals surface area contributed by atoms with Gasteiger partial charge in [-0.3, -0.25) is 24.1 Å². The van der Waals surface area contributed by atoms with E-state index < -0.39 is 47.1 Å². The van der Waals surface area contributed by atoms with Gasteiger partial charge in [0, 0.05) is 28.7 Å². The standard InChI is InChI=1S/C31H27N3O7S2/c1-18(35)41-16-22-17-43-30-25(29(38)34(30)26(22)31(39)40)33-28(37)24(20-6-3-2-4-7-20)32-27(36)21-12-9-19(10-13-21)11-14-23-8-5-15-42-23/h2-15,24-25,30H,16-17H2,1H3,(H,32,36)(H,33,37)(H,39,40)/t24?,25-,30-/m1/s1. The average Bonchev–Trinajstić information content (AvgIpc) is 3.54. The Labute approximate surface area is 255 Å². The number of fused-ring (bicyclic) bond motifs is 1. The molecule has 43 heavy (non-hydrogen) atoms. The summed E-state index contributed by atoms with van der Waals surface area (Å²) < 4.78 is 4.96. The molecule has 3 heterocycles. The number of thiophene rings is 1. The molecular weight excluding hydrogens is 590 g/mol. The molecule has 220 valence electrons. The number of β-lactam (4-membered cyclic amide) rings is 1. The van der Waals surface area contributed by atoms with E-state index in [4.69, 9.17) is 4.74 Å². The van der Waals surface area contributed by atoms with Crippen molar-refractivity contribution in [3.8, 4) is 0 Å². The Hall–Kier alpha value is -4.68. The maximum Gasteiger partial charge on any atom is 0.352 e. The van der Waals surface area contributed by atoms with Crippen molar-refractivity contribution < 1.29 is 33.8 Å².